The molecule has 0 bridgehead atoms. The van der Waals surface area contributed by atoms with E-state index in [1.165, 1.54) is 11.1 Å². The molecule has 2 rings (SSSR count). The van der Waals surface area contributed by atoms with E-state index in [0.29, 0.717) is 30.2 Å². The van der Waals surface area contributed by atoms with Gasteiger partial charge in [-0.2, -0.15) is 0 Å². The molecule has 0 aliphatic heterocycles. The van der Waals surface area contributed by atoms with Crippen molar-refractivity contribution in [2.24, 2.45) is 0 Å². The second kappa shape index (κ2) is 8.24. The van der Waals surface area contributed by atoms with Crippen molar-refractivity contribution in [1.29, 1.82) is 0 Å². The number of amides is 1. The third-order valence-corrected chi connectivity index (χ3v) is 3.73. The van der Waals surface area contributed by atoms with Gasteiger partial charge in [-0.3, -0.25) is 4.79 Å². The van der Waals surface area contributed by atoms with Crippen LogP contribution in [0.2, 0.25) is 0 Å². The fourth-order valence-electron chi connectivity index (χ4n) is 2.44. The van der Waals surface area contributed by atoms with E-state index in [4.69, 9.17) is 9.47 Å². The van der Waals surface area contributed by atoms with Gasteiger partial charge in [0.25, 0.3) is 0 Å². The number of rotatable bonds is 7. The van der Waals surface area contributed by atoms with Crippen molar-refractivity contribution in [3.63, 3.8) is 0 Å². The topological polar surface area (TPSA) is 59.6 Å². The first-order valence-electron chi connectivity index (χ1n) is 7.86. The minimum absolute atomic E-state index is 0.0734. The van der Waals surface area contributed by atoms with Crippen molar-refractivity contribution in [2.45, 2.75) is 20.3 Å². The van der Waals surface area contributed by atoms with Gasteiger partial charge >= 0.3 is 0 Å². The molecule has 0 fully saturated rings. The molecule has 0 unspecified atom stereocenters. The zero-order valence-corrected chi connectivity index (χ0v) is 14.6. The van der Waals surface area contributed by atoms with E-state index in [1.807, 2.05) is 6.07 Å². The fraction of sp³-hybridized carbons (Fsp3) is 0.316. The van der Waals surface area contributed by atoms with Crippen LogP contribution in [-0.2, 0) is 4.79 Å². The number of carbonyl (C=O) groups is 1. The lowest BCUT2D eigenvalue weighted by Crippen LogP contribution is -2.17. The number of hydrogen-bond donors (Lipinski definition) is 2. The highest BCUT2D eigenvalue weighted by atomic mass is 16.5. The van der Waals surface area contributed by atoms with Gasteiger partial charge in [-0.15, -0.1) is 0 Å². The first kappa shape index (κ1) is 17.7. The van der Waals surface area contributed by atoms with Gasteiger partial charge in [0.15, 0.2) is 0 Å². The van der Waals surface area contributed by atoms with E-state index in [0.717, 1.165) is 5.69 Å². The number of methoxy groups -OCH3 is 2. The van der Waals surface area contributed by atoms with Crippen LogP contribution in [0.3, 0.4) is 0 Å². The second-order valence-electron chi connectivity index (χ2n) is 5.61. The normalized spacial score (nSPS) is 10.2. The van der Waals surface area contributed by atoms with E-state index in [1.54, 1.807) is 32.4 Å². The lowest BCUT2D eigenvalue weighted by molar-refractivity contribution is -0.116. The summed E-state index contributed by atoms with van der Waals surface area (Å²) in [5.41, 5.74) is 4.08. The highest BCUT2D eigenvalue weighted by Crippen LogP contribution is 2.29. The Bertz CT molecular complexity index is 714. The molecule has 128 valence electrons. The first-order chi connectivity index (χ1) is 11.5. The molecule has 5 nitrogen and oxygen atoms in total. The third-order valence-electron chi connectivity index (χ3n) is 3.73. The Morgan fingerprint density at radius 3 is 2.42 bits per heavy atom. The van der Waals surface area contributed by atoms with Crippen LogP contribution in [0.15, 0.2) is 36.4 Å². The van der Waals surface area contributed by atoms with Crippen LogP contribution in [-0.4, -0.2) is 26.7 Å². The number of ether oxygens (including phenoxy) is 2. The largest absolute Gasteiger partial charge is 0.497 e. The molecule has 0 aliphatic carbocycles. The van der Waals surface area contributed by atoms with Crippen molar-refractivity contribution in [1.82, 2.24) is 0 Å². The number of nitrogens with one attached hydrogen (secondary N) is 2. The molecule has 0 aliphatic rings. The van der Waals surface area contributed by atoms with Gasteiger partial charge < -0.3 is 20.1 Å². The number of carbonyl (C=O) groups excluding carboxylic acids is 1. The zero-order chi connectivity index (χ0) is 17.5. The Balaban J connectivity index is 1.89. The van der Waals surface area contributed by atoms with Crippen molar-refractivity contribution in [2.75, 3.05) is 31.4 Å². The summed E-state index contributed by atoms with van der Waals surface area (Å²) in [6.45, 7) is 4.68. The van der Waals surface area contributed by atoms with Crippen LogP contribution in [0.4, 0.5) is 11.4 Å². The summed E-state index contributed by atoms with van der Waals surface area (Å²) < 4.78 is 10.4. The molecular formula is C19H24N2O3. The Morgan fingerprint density at radius 2 is 1.75 bits per heavy atom. The smallest absolute Gasteiger partial charge is 0.226 e. The molecule has 2 aromatic carbocycles. The lowest BCUT2D eigenvalue weighted by atomic mass is 10.1. The Morgan fingerprint density at radius 1 is 1.00 bits per heavy atom. The van der Waals surface area contributed by atoms with E-state index in [2.05, 4.69) is 36.6 Å². The minimum Gasteiger partial charge on any atom is -0.497 e. The van der Waals surface area contributed by atoms with Crippen LogP contribution in [0.5, 0.6) is 11.5 Å². The van der Waals surface area contributed by atoms with Crippen LogP contribution in [0, 0.1) is 13.8 Å². The standard InChI is InChI=1S/C19H24N2O3/c1-13-5-7-16(14(2)11-13)20-10-9-19(22)21-17-8-6-15(23-3)12-18(17)24-4/h5-8,11-12,20H,9-10H2,1-4H3,(H,21,22). The third kappa shape index (κ3) is 4.65. The summed E-state index contributed by atoms with van der Waals surface area (Å²) in [7, 11) is 3.15. The van der Waals surface area contributed by atoms with Gasteiger partial charge in [0, 0.05) is 24.7 Å². The van der Waals surface area contributed by atoms with Crippen LogP contribution in [0.25, 0.3) is 0 Å². The molecule has 2 N–H and O–H groups in total. The van der Waals surface area contributed by atoms with Gasteiger partial charge in [-0.05, 0) is 37.6 Å². The molecular weight excluding hydrogens is 304 g/mol. The SMILES string of the molecule is COc1ccc(NC(=O)CCNc2ccc(C)cc2C)c(OC)c1. The first-order valence-corrected chi connectivity index (χ1v) is 7.86. The molecule has 0 aromatic heterocycles. The second-order valence-corrected chi connectivity index (χ2v) is 5.61. The fourth-order valence-corrected chi connectivity index (χ4v) is 2.44. The maximum atomic E-state index is 12.1. The summed E-state index contributed by atoms with van der Waals surface area (Å²) in [6.07, 6.45) is 0.364. The highest BCUT2D eigenvalue weighted by molar-refractivity contribution is 5.92. The highest BCUT2D eigenvalue weighted by Gasteiger charge is 2.09. The van der Waals surface area contributed by atoms with E-state index < -0.39 is 0 Å². The number of hydrogen-bond acceptors (Lipinski definition) is 4. The van der Waals surface area contributed by atoms with Crippen molar-refractivity contribution < 1.29 is 14.3 Å². The molecule has 2 aromatic rings. The molecule has 1 amide bonds. The Labute approximate surface area is 143 Å². The lowest BCUT2D eigenvalue weighted by Gasteiger charge is -2.13. The van der Waals surface area contributed by atoms with Gasteiger partial charge in [-0.25, -0.2) is 0 Å². The Hall–Kier alpha value is -2.69. The summed E-state index contributed by atoms with van der Waals surface area (Å²) in [5.74, 6) is 1.18. The maximum absolute atomic E-state index is 12.1. The Kier molecular flexibility index (Phi) is 6.07. The van der Waals surface area contributed by atoms with Crippen LogP contribution >= 0.6 is 0 Å². The van der Waals surface area contributed by atoms with E-state index >= 15 is 0 Å². The number of anilines is 2. The number of aryl methyl sites for hydroxylation is 2. The summed E-state index contributed by atoms with van der Waals surface area (Å²) in [6, 6.07) is 11.5. The van der Waals surface area contributed by atoms with Gasteiger partial charge in [-0.1, -0.05) is 17.7 Å². The molecule has 0 heterocycles. The summed E-state index contributed by atoms with van der Waals surface area (Å²) in [5, 5.41) is 6.15. The molecule has 0 spiro atoms. The van der Waals surface area contributed by atoms with Gasteiger partial charge in [0.2, 0.25) is 5.91 Å². The van der Waals surface area contributed by atoms with Crippen molar-refractivity contribution in [3.8, 4) is 11.5 Å². The molecule has 0 saturated heterocycles. The quantitative estimate of drug-likeness (QED) is 0.812. The van der Waals surface area contributed by atoms with Gasteiger partial charge in [0.05, 0.1) is 19.9 Å². The molecule has 0 atom stereocenters. The molecule has 0 saturated carbocycles. The average molecular weight is 328 g/mol. The summed E-state index contributed by atoms with van der Waals surface area (Å²) in [4.78, 5) is 12.1. The van der Waals surface area contributed by atoms with Gasteiger partial charge in [0.1, 0.15) is 11.5 Å². The predicted octanol–water partition coefficient (Wildman–Crippen LogP) is 3.76. The predicted molar refractivity (Wildman–Crippen MR) is 97.2 cm³/mol. The van der Waals surface area contributed by atoms with E-state index in [-0.39, 0.29) is 5.91 Å². The van der Waals surface area contributed by atoms with Crippen molar-refractivity contribution in [3.05, 3.63) is 47.5 Å². The molecule has 5 heteroatoms. The monoisotopic (exact) mass is 328 g/mol. The van der Waals surface area contributed by atoms with Crippen LogP contribution < -0.4 is 20.1 Å². The van der Waals surface area contributed by atoms with Crippen molar-refractivity contribution >= 4 is 17.3 Å². The average Bonchev–Trinajstić information content (AvgIpc) is 2.57. The van der Waals surface area contributed by atoms with E-state index in [9.17, 15) is 4.79 Å². The zero-order valence-electron chi connectivity index (χ0n) is 14.6. The maximum Gasteiger partial charge on any atom is 0.226 e. The molecule has 0 radical (unpaired) electrons. The number of benzene rings is 2. The summed E-state index contributed by atoms with van der Waals surface area (Å²) >= 11 is 0. The minimum atomic E-state index is -0.0734. The molecule has 24 heavy (non-hydrogen) atoms. The van der Waals surface area contributed by atoms with Crippen LogP contribution in [0.1, 0.15) is 17.5 Å².